The van der Waals surface area contributed by atoms with E-state index in [1.165, 1.54) is 0 Å². The van der Waals surface area contributed by atoms with Crippen molar-refractivity contribution >= 4 is 11.7 Å². The molecule has 1 aromatic heterocycles. The maximum absolute atomic E-state index is 14.2. The number of halogens is 2. The van der Waals surface area contributed by atoms with E-state index in [-0.39, 0.29) is 5.82 Å². The first-order chi connectivity index (χ1) is 10.6. The molecule has 1 aliphatic rings. The summed E-state index contributed by atoms with van der Waals surface area (Å²) in [6.07, 6.45) is -4.77. The molecule has 12 heteroatoms. The second-order valence-corrected chi connectivity index (χ2v) is 5.08. The second-order valence-electron chi connectivity index (χ2n) is 5.08. The van der Waals surface area contributed by atoms with Gasteiger partial charge < -0.3 is 21.3 Å². The Hall–Kier alpha value is -2.15. The number of nitrogen functional groups attached to an aromatic ring is 1. The minimum atomic E-state index is -3.78. The van der Waals surface area contributed by atoms with Crippen LogP contribution >= 0.6 is 0 Å². The number of aliphatic hydroxyl groups is 1. The van der Waals surface area contributed by atoms with Crippen molar-refractivity contribution in [2.24, 2.45) is 11.6 Å². The van der Waals surface area contributed by atoms with Crippen LogP contribution in [0.1, 0.15) is 6.23 Å². The summed E-state index contributed by atoms with van der Waals surface area (Å²) in [6.45, 7) is -0.806. The van der Waals surface area contributed by atoms with Gasteiger partial charge in [0.2, 0.25) is 12.1 Å². The first-order valence-electron chi connectivity index (χ1n) is 6.47. The van der Waals surface area contributed by atoms with Gasteiger partial charge in [0.1, 0.15) is 18.0 Å². The molecule has 1 saturated heterocycles. The number of anilines is 1. The average Bonchev–Trinajstić information content (AvgIpc) is 2.62. The van der Waals surface area contributed by atoms with Gasteiger partial charge in [-0.2, -0.15) is 13.8 Å². The summed E-state index contributed by atoms with van der Waals surface area (Å²) in [5.41, 5.74) is 9.17. The van der Waals surface area contributed by atoms with Crippen LogP contribution in [0.2, 0.25) is 0 Å². The molecule has 0 spiro atoms. The van der Waals surface area contributed by atoms with Crippen LogP contribution in [0, 0.1) is 0 Å². The Balaban J connectivity index is 2.22. The van der Waals surface area contributed by atoms with Crippen LogP contribution in [0.4, 0.5) is 14.6 Å². The Labute approximate surface area is 128 Å². The smallest absolute Gasteiger partial charge is 0.351 e. The van der Waals surface area contributed by atoms with Crippen molar-refractivity contribution in [1.82, 2.24) is 14.6 Å². The SMILES string of the molecule is NC(=O)CN(N)C[C@H]1O[C@@H](n2ccc(N)nc2=O)C(F)(F)[C@@H]1O. The minimum absolute atomic E-state index is 0.140. The number of aromatic nitrogens is 2. The number of rotatable bonds is 5. The van der Waals surface area contributed by atoms with Crippen LogP contribution < -0.4 is 23.0 Å². The van der Waals surface area contributed by atoms with E-state index in [1.54, 1.807) is 0 Å². The zero-order valence-corrected chi connectivity index (χ0v) is 11.8. The van der Waals surface area contributed by atoms with Crippen molar-refractivity contribution < 1.29 is 23.4 Å². The van der Waals surface area contributed by atoms with Crippen LogP contribution in [0.3, 0.4) is 0 Å². The fourth-order valence-electron chi connectivity index (χ4n) is 2.22. The lowest BCUT2D eigenvalue weighted by atomic mass is 10.1. The van der Waals surface area contributed by atoms with Gasteiger partial charge in [0.25, 0.3) is 0 Å². The summed E-state index contributed by atoms with van der Waals surface area (Å²) < 4.78 is 34.0. The standard InChI is InChI=1S/C11H16F2N6O4/c12-11(13)8(21)5(3-18(16)4-7(15)20)23-9(11)19-2-1-6(14)17-10(19)22/h1-2,5,8-9,21H,3-4,16H2,(H2,15,20)(H2,14,17,22)/t5-,8-,9-/m1/s1. The van der Waals surface area contributed by atoms with Crippen LogP contribution in [0.15, 0.2) is 17.1 Å². The highest BCUT2D eigenvalue weighted by Gasteiger charge is 2.59. The number of amides is 1. The zero-order chi connectivity index (χ0) is 17.4. The van der Waals surface area contributed by atoms with Gasteiger partial charge >= 0.3 is 11.6 Å². The molecule has 0 saturated carbocycles. The lowest BCUT2D eigenvalue weighted by molar-refractivity contribution is -0.140. The van der Waals surface area contributed by atoms with E-state index in [9.17, 15) is 23.5 Å². The van der Waals surface area contributed by atoms with Gasteiger partial charge in [-0.3, -0.25) is 15.2 Å². The van der Waals surface area contributed by atoms with Gasteiger partial charge in [-0.15, -0.1) is 0 Å². The molecule has 0 bridgehead atoms. The van der Waals surface area contributed by atoms with Crippen molar-refractivity contribution in [3.63, 3.8) is 0 Å². The van der Waals surface area contributed by atoms with Crippen molar-refractivity contribution in [3.05, 3.63) is 22.7 Å². The summed E-state index contributed by atoms with van der Waals surface area (Å²) in [7, 11) is 0. The van der Waals surface area contributed by atoms with Gasteiger partial charge in [-0.1, -0.05) is 0 Å². The number of aliphatic hydroxyl groups excluding tert-OH is 1. The summed E-state index contributed by atoms with van der Waals surface area (Å²) in [5.74, 6) is 0.745. The van der Waals surface area contributed by atoms with E-state index in [4.69, 9.17) is 22.0 Å². The van der Waals surface area contributed by atoms with Crippen LogP contribution in [-0.4, -0.2) is 56.8 Å². The molecule has 0 unspecified atom stereocenters. The maximum Gasteiger partial charge on any atom is 0.351 e. The number of hydrazine groups is 1. The van der Waals surface area contributed by atoms with E-state index in [0.717, 1.165) is 17.3 Å². The van der Waals surface area contributed by atoms with Crippen LogP contribution in [0.25, 0.3) is 0 Å². The molecule has 128 valence electrons. The quantitative estimate of drug-likeness (QED) is 0.336. The number of carbonyl (C=O) groups is 1. The number of alkyl halides is 2. The van der Waals surface area contributed by atoms with Crippen molar-refractivity contribution in [2.45, 2.75) is 24.4 Å². The molecule has 23 heavy (non-hydrogen) atoms. The summed E-state index contributed by atoms with van der Waals surface area (Å²) in [4.78, 5) is 25.7. The Morgan fingerprint density at radius 3 is 2.78 bits per heavy atom. The normalized spacial score (nSPS) is 26.6. The Morgan fingerprint density at radius 2 is 2.22 bits per heavy atom. The van der Waals surface area contributed by atoms with E-state index in [2.05, 4.69) is 4.98 Å². The predicted molar refractivity (Wildman–Crippen MR) is 72.7 cm³/mol. The summed E-state index contributed by atoms with van der Waals surface area (Å²) in [5, 5.41) is 10.6. The zero-order valence-electron chi connectivity index (χ0n) is 11.8. The number of nitrogens with two attached hydrogens (primary N) is 3. The lowest BCUT2D eigenvalue weighted by Crippen LogP contribution is -2.47. The van der Waals surface area contributed by atoms with Gasteiger partial charge in [0, 0.05) is 12.7 Å². The van der Waals surface area contributed by atoms with Gasteiger partial charge in [0.05, 0.1) is 6.54 Å². The third-order valence-electron chi connectivity index (χ3n) is 3.26. The van der Waals surface area contributed by atoms with Crippen molar-refractivity contribution in [3.8, 4) is 0 Å². The van der Waals surface area contributed by atoms with Gasteiger partial charge in [-0.05, 0) is 6.07 Å². The summed E-state index contributed by atoms with van der Waals surface area (Å²) in [6, 6.07) is 1.14. The lowest BCUT2D eigenvalue weighted by Gasteiger charge is -2.21. The first kappa shape index (κ1) is 17.2. The van der Waals surface area contributed by atoms with E-state index < -0.39 is 49.0 Å². The number of hydrogen-bond donors (Lipinski definition) is 4. The minimum Gasteiger partial charge on any atom is -0.384 e. The molecule has 7 N–H and O–H groups in total. The molecule has 3 atom stereocenters. The monoisotopic (exact) mass is 334 g/mol. The van der Waals surface area contributed by atoms with Crippen molar-refractivity contribution in [2.75, 3.05) is 18.8 Å². The molecule has 1 amide bonds. The molecule has 0 radical (unpaired) electrons. The summed E-state index contributed by atoms with van der Waals surface area (Å²) >= 11 is 0. The van der Waals surface area contributed by atoms with Gasteiger partial charge in [-0.25, -0.2) is 9.80 Å². The number of ether oxygens (including phenoxy) is 1. The average molecular weight is 334 g/mol. The maximum atomic E-state index is 14.2. The molecule has 1 aromatic rings. The molecule has 0 aromatic carbocycles. The van der Waals surface area contributed by atoms with Crippen LogP contribution in [0.5, 0.6) is 0 Å². The highest BCUT2D eigenvalue weighted by Crippen LogP contribution is 2.42. The molecule has 0 aliphatic carbocycles. The first-order valence-corrected chi connectivity index (χ1v) is 6.47. The fraction of sp³-hybridized carbons (Fsp3) is 0.545. The molecule has 2 rings (SSSR count). The molecule has 1 fully saturated rings. The van der Waals surface area contributed by atoms with Crippen LogP contribution in [-0.2, 0) is 9.53 Å². The number of nitrogens with zero attached hydrogens (tertiary/aromatic N) is 3. The molecular formula is C11H16F2N6O4. The van der Waals surface area contributed by atoms with E-state index >= 15 is 0 Å². The third kappa shape index (κ3) is 3.44. The van der Waals surface area contributed by atoms with Gasteiger partial charge in [0.15, 0.2) is 0 Å². The highest BCUT2D eigenvalue weighted by molar-refractivity contribution is 5.75. The number of hydrogen-bond acceptors (Lipinski definition) is 8. The largest absolute Gasteiger partial charge is 0.384 e. The number of primary amides is 1. The molecule has 2 heterocycles. The molecule has 10 nitrogen and oxygen atoms in total. The highest BCUT2D eigenvalue weighted by atomic mass is 19.3. The Bertz CT molecular complexity index is 654. The molecule has 1 aliphatic heterocycles. The third-order valence-corrected chi connectivity index (χ3v) is 3.26. The number of carbonyl (C=O) groups excluding carboxylic acids is 1. The van der Waals surface area contributed by atoms with E-state index in [0.29, 0.717) is 4.57 Å². The second kappa shape index (κ2) is 6.16. The predicted octanol–water partition coefficient (Wildman–Crippen LogP) is -2.62. The fourth-order valence-corrected chi connectivity index (χ4v) is 2.22. The topological polar surface area (TPSA) is 163 Å². The van der Waals surface area contributed by atoms with Crippen molar-refractivity contribution in [1.29, 1.82) is 0 Å². The van der Waals surface area contributed by atoms with E-state index in [1.807, 2.05) is 0 Å². The molecular weight excluding hydrogens is 318 g/mol. The Kier molecular flexibility index (Phi) is 4.61. The Morgan fingerprint density at radius 1 is 1.57 bits per heavy atom.